The highest BCUT2D eigenvalue weighted by atomic mass is 16.5. The van der Waals surface area contributed by atoms with Crippen LogP contribution < -0.4 is 5.32 Å². The molecule has 0 saturated heterocycles. The monoisotopic (exact) mass is 252 g/mol. The van der Waals surface area contributed by atoms with E-state index in [4.69, 9.17) is 9.47 Å². The fourth-order valence-electron chi connectivity index (χ4n) is 1.59. The van der Waals surface area contributed by atoms with Crippen molar-refractivity contribution in [1.82, 2.24) is 10.3 Å². The Bertz CT molecular complexity index is 280. The zero-order valence-electron chi connectivity index (χ0n) is 11.2. The van der Waals surface area contributed by atoms with E-state index in [0.717, 1.165) is 44.7 Å². The van der Waals surface area contributed by atoms with Crippen molar-refractivity contribution < 1.29 is 9.47 Å². The average molecular weight is 252 g/mol. The maximum atomic E-state index is 5.39. The van der Waals surface area contributed by atoms with E-state index < -0.39 is 0 Å². The normalized spacial score (nSPS) is 10.7. The molecule has 0 amide bonds. The van der Waals surface area contributed by atoms with E-state index in [9.17, 15) is 0 Å². The molecular formula is C14H24N2O2. The van der Waals surface area contributed by atoms with Gasteiger partial charge in [0.25, 0.3) is 0 Å². The van der Waals surface area contributed by atoms with E-state index >= 15 is 0 Å². The molecule has 0 spiro atoms. The largest absolute Gasteiger partial charge is 0.382 e. The second-order valence-electron chi connectivity index (χ2n) is 4.13. The summed E-state index contributed by atoms with van der Waals surface area (Å²) >= 11 is 0. The van der Waals surface area contributed by atoms with Crippen molar-refractivity contribution in [2.75, 3.05) is 40.0 Å². The minimum atomic E-state index is 0.683. The van der Waals surface area contributed by atoms with Gasteiger partial charge in [-0.3, -0.25) is 4.98 Å². The van der Waals surface area contributed by atoms with Crippen LogP contribution in [0.3, 0.4) is 0 Å². The first-order valence-electron chi connectivity index (χ1n) is 6.61. The van der Waals surface area contributed by atoms with Gasteiger partial charge >= 0.3 is 0 Å². The van der Waals surface area contributed by atoms with Crippen LogP contribution in [0.15, 0.2) is 24.4 Å². The van der Waals surface area contributed by atoms with Gasteiger partial charge in [-0.1, -0.05) is 6.07 Å². The van der Waals surface area contributed by atoms with Crippen molar-refractivity contribution in [3.63, 3.8) is 0 Å². The lowest BCUT2D eigenvalue weighted by Crippen LogP contribution is -2.19. The Morgan fingerprint density at radius 1 is 1.11 bits per heavy atom. The number of aromatic nitrogens is 1. The molecule has 0 bridgehead atoms. The first-order valence-corrected chi connectivity index (χ1v) is 6.61. The van der Waals surface area contributed by atoms with Crippen LogP contribution in [0, 0.1) is 0 Å². The average Bonchev–Trinajstić information content (AvgIpc) is 2.42. The molecule has 0 aliphatic carbocycles. The molecule has 0 radical (unpaired) electrons. The maximum Gasteiger partial charge on any atom is 0.0700 e. The zero-order chi connectivity index (χ0) is 12.9. The van der Waals surface area contributed by atoms with Crippen LogP contribution in [-0.2, 0) is 15.9 Å². The lowest BCUT2D eigenvalue weighted by molar-refractivity contribution is 0.0688. The van der Waals surface area contributed by atoms with E-state index in [1.165, 1.54) is 0 Å². The number of nitrogens with one attached hydrogen (secondary N) is 1. The molecule has 4 nitrogen and oxygen atoms in total. The van der Waals surface area contributed by atoms with Crippen LogP contribution in [0.25, 0.3) is 0 Å². The Balaban J connectivity index is 1.82. The Morgan fingerprint density at radius 2 is 2.06 bits per heavy atom. The predicted octanol–water partition coefficient (Wildman–Crippen LogP) is 1.66. The second-order valence-corrected chi connectivity index (χ2v) is 4.13. The lowest BCUT2D eigenvalue weighted by atomic mass is 10.2. The summed E-state index contributed by atoms with van der Waals surface area (Å²) in [5.74, 6) is 0. The van der Waals surface area contributed by atoms with Crippen LogP contribution in [0.1, 0.15) is 18.5 Å². The number of ether oxygens (including phenoxy) is 2. The van der Waals surface area contributed by atoms with E-state index in [2.05, 4.69) is 16.4 Å². The molecule has 0 fully saturated rings. The molecule has 1 rings (SSSR count). The van der Waals surface area contributed by atoms with Gasteiger partial charge in [0.05, 0.1) is 13.2 Å². The van der Waals surface area contributed by atoms with Crippen molar-refractivity contribution in [1.29, 1.82) is 0 Å². The number of hydrogen-bond donors (Lipinski definition) is 1. The van der Waals surface area contributed by atoms with Crippen molar-refractivity contribution in [2.45, 2.75) is 19.3 Å². The summed E-state index contributed by atoms with van der Waals surface area (Å²) in [6.45, 7) is 4.24. The summed E-state index contributed by atoms with van der Waals surface area (Å²) in [5, 5.41) is 3.42. The second kappa shape index (κ2) is 11.1. The van der Waals surface area contributed by atoms with Gasteiger partial charge < -0.3 is 14.8 Å². The van der Waals surface area contributed by atoms with Crippen molar-refractivity contribution >= 4 is 0 Å². The third kappa shape index (κ3) is 8.17. The highest BCUT2D eigenvalue weighted by Gasteiger charge is 1.93. The van der Waals surface area contributed by atoms with Crippen LogP contribution in [0.2, 0.25) is 0 Å². The van der Waals surface area contributed by atoms with Gasteiger partial charge in [0.15, 0.2) is 0 Å². The van der Waals surface area contributed by atoms with Gasteiger partial charge in [-0.05, 0) is 31.5 Å². The van der Waals surface area contributed by atoms with Crippen molar-refractivity contribution in [2.24, 2.45) is 0 Å². The summed E-state index contributed by atoms with van der Waals surface area (Å²) in [4.78, 5) is 4.28. The van der Waals surface area contributed by atoms with Gasteiger partial charge in [-0.25, -0.2) is 0 Å². The van der Waals surface area contributed by atoms with Crippen LogP contribution in [0.4, 0.5) is 0 Å². The molecule has 1 N–H and O–H groups in total. The van der Waals surface area contributed by atoms with E-state index in [1.807, 2.05) is 18.3 Å². The summed E-state index contributed by atoms with van der Waals surface area (Å²) < 4.78 is 10.3. The number of pyridine rings is 1. The number of unbranched alkanes of at least 4 members (excludes halogenated alkanes) is 1. The third-order valence-electron chi connectivity index (χ3n) is 2.61. The Labute approximate surface area is 110 Å². The lowest BCUT2D eigenvalue weighted by Gasteiger charge is -2.05. The fourth-order valence-corrected chi connectivity index (χ4v) is 1.59. The molecule has 0 saturated carbocycles. The predicted molar refractivity (Wildman–Crippen MR) is 72.7 cm³/mol. The van der Waals surface area contributed by atoms with E-state index in [0.29, 0.717) is 13.2 Å². The van der Waals surface area contributed by atoms with Crippen LogP contribution >= 0.6 is 0 Å². The molecule has 1 aromatic rings. The van der Waals surface area contributed by atoms with Crippen LogP contribution in [0.5, 0.6) is 0 Å². The standard InChI is InChI=1S/C14H24N2O2/c1-17-12-13-18-11-5-4-8-15-10-7-14-6-2-3-9-16-14/h2-3,6,9,15H,4-5,7-8,10-13H2,1H3. The SMILES string of the molecule is COCCOCCCCNCCc1ccccn1. The molecular weight excluding hydrogens is 228 g/mol. The summed E-state index contributed by atoms with van der Waals surface area (Å²) in [6.07, 6.45) is 5.08. The summed E-state index contributed by atoms with van der Waals surface area (Å²) in [5.41, 5.74) is 1.15. The van der Waals surface area contributed by atoms with Gasteiger partial charge in [0.1, 0.15) is 0 Å². The molecule has 4 heteroatoms. The Morgan fingerprint density at radius 3 is 2.83 bits per heavy atom. The van der Waals surface area contributed by atoms with Gasteiger partial charge in [0, 0.05) is 38.6 Å². The topological polar surface area (TPSA) is 43.4 Å². The minimum Gasteiger partial charge on any atom is -0.382 e. The number of methoxy groups -OCH3 is 1. The van der Waals surface area contributed by atoms with Gasteiger partial charge in [0.2, 0.25) is 0 Å². The molecule has 0 unspecified atom stereocenters. The molecule has 1 aromatic heterocycles. The Kier molecular flexibility index (Phi) is 9.34. The molecule has 0 atom stereocenters. The Hall–Kier alpha value is -0.970. The van der Waals surface area contributed by atoms with Crippen molar-refractivity contribution in [3.8, 4) is 0 Å². The molecule has 102 valence electrons. The van der Waals surface area contributed by atoms with E-state index in [1.54, 1.807) is 7.11 Å². The fraction of sp³-hybridized carbons (Fsp3) is 0.643. The molecule has 0 aromatic carbocycles. The smallest absolute Gasteiger partial charge is 0.0700 e. The molecule has 1 heterocycles. The summed E-state index contributed by atoms with van der Waals surface area (Å²) in [7, 11) is 1.69. The van der Waals surface area contributed by atoms with Crippen molar-refractivity contribution in [3.05, 3.63) is 30.1 Å². The first-order chi connectivity index (χ1) is 8.93. The zero-order valence-corrected chi connectivity index (χ0v) is 11.2. The molecule has 0 aliphatic rings. The van der Waals surface area contributed by atoms with Gasteiger partial charge in [-0.15, -0.1) is 0 Å². The minimum absolute atomic E-state index is 0.683. The summed E-state index contributed by atoms with van der Waals surface area (Å²) in [6, 6.07) is 6.03. The third-order valence-corrected chi connectivity index (χ3v) is 2.61. The number of rotatable bonds is 11. The number of hydrogen-bond acceptors (Lipinski definition) is 4. The molecule has 0 aliphatic heterocycles. The highest BCUT2D eigenvalue weighted by molar-refractivity contribution is 5.03. The first kappa shape index (κ1) is 15.1. The van der Waals surface area contributed by atoms with Crippen LogP contribution in [-0.4, -0.2) is 45.0 Å². The number of nitrogens with zero attached hydrogens (tertiary/aromatic N) is 1. The van der Waals surface area contributed by atoms with E-state index in [-0.39, 0.29) is 0 Å². The van der Waals surface area contributed by atoms with Gasteiger partial charge in [-0.2, -0.15) is 0 Å². The quantitative estimate of drug-likeness (QED) is 0.608. The highest BCUT2D eigenvalue weighted by Crippen LogP contribution is 1.93. The maximum absolute atomic E-state index is 5.39. The molecule has 18 heavy (non-hydrogen) atoms.